The third-order valence-electron chi connectivity index (χ3n) is 7.40. The molecule has 1 saturated carbocycles. The van der Waals surface area contributed by atoms with Crippen LogP contribution in [0.3, 0.4) is 0 Å². The Kier molecular flexibility index (Phi) is 9.04. The normalized spacial score (nSPS) is 19.6. The number of ether oxygens (including phenoxy) is 1. The Balaban J connectivity index is 1.38. The van der Waals surface area contributed by atoms with Crippen LogP contribution in [0.5, 0.6) is 5.75 Å². The molecule has 4 rings (SSSR count). The number of carbonyl (C=O) groups is 1. The van der Waals surface area contributed by atoms with Crippen LogP contribution in [0.25, 0.3) is 11.1 Å². The van der Waals surface area contributed by atoms with E-state index in [4.69, 9.17) is 9.84 Å². The monoisotopic (exact) mass is 537 g/mol. The highest BCUT2D eigenvalue weighted by molar-refractivity contribution is 7.88. The minimum Gasteiger partial charge on any atom is -0.497 e. The molecule has 0 atom stereocenters. The molecule has 38 heavy (non-hydrogen) atoms. The Morgan fingerprint density at radius 3 is 2.32 bits per heavy atom. The van der Waals surface area contributed by atoms with Gasteiger partial charge in [-0.3, -0.25) is 0 Å². The minimum absolute atomic E-state index is 0.131. The maximum Gasteiger partial charge on any atom is 0.419 e. The summed E-state index contributed by atoms with van der Waals surface area (Å²) < 4.78 is 33.3. The zero-order chi connectivity index (χ0) is 27.0. The molecule has 8 nitrogen and oxygen atoms in total. The van der Waals surface area contributed by atoms with Gasteiger partial charge >= 0.3 is 16.3 Å². The number of carboxylic acid groups (broad SMARTS) is 1. The van der Waals surface area contributed by atoms with Gasteiger partial charge < -0.3 is 15.2 Å². The van der Waals surface area contributed by atoms with Crippen LogP contribution < -0.4 is 19.5 Å². The van der Waals surface area contributed by atoms with E-state index in [-0.39, 0.29) is 12.0 Å². The van der Waals surface area contributed by atoms with Gasteiger partial charge in [-0.1, -0.05) is 66.7 Å². The highest BCUT2D eigenvalue weighted by atomic mass is 32.2. The number of hydrogen-bond donors (Lipinski definition) is 4. The highest BCUT2D eigenvalue weighted by Gasteiger charge is 2.37. The van der Waals surface area contributed by atoms with Crippen molar-refractivity contribution < 1.29 is 23.1 Å². The van der Waals surface area contributed by atoms with Gasteiger partial charge in [0.2, 0.25) is 0 Å². The third kappa shape index (κ3) is 7.34. The molecular formula is C29H35N3O5S. The van der Waals surface area contributed by atoms with Crippen LogP contribution in [0.15, 0.2) is 78.9 Å². The minimum atomic E-state index is -4.11. The van der Waals surface area contributed by atoms with E-state index in [2.05, 4.69) is 52.5 Å². The van der Waals surface area contributed by atoms with Gasteiger partial charge in [-0.15, -0.1) is 0 Å². The Hall–Kier alpha value is -3.40. The first-order valence-electron chi connectivity index (χ1n) is 12.8. The summed E-state index contributed by atoms with van der Waals surface area (Å²) in [7, 11) is -2.48. The van der Waals surface area contributed by atoms with E-state index in [1.807, 2.05) is 36.4 Å². The van der Waals surface area contributed by atoms with Crippen molar-refractivity contribution >= 4 is 16.3 Å². The number of hydrogen-bond acceptors (Lipinski definition) is 5. The second-order valence-electron chi connectivity index (χ2n) is 9.79. The second kappa shape index (κ2) is 12.4. The van der Waals surface area contributed by atoms with Crippen LogP contribution in [0.2, 0.25) is 0 Å². The van der Waals surface area contributed by atoms with Gasteiger partial charge in [-0.05, 0) is 71.9 Å². The largest absolute Gasteiger partial charge is 0.497 e. The van der Waals surface area contributed by atoms with Crippen LogP contribution in [0.1, 0.15) is 43.2 Å². The summed E-state index contributed by atoms with van der Waals surface area (Å²) in [5, 5.41) is 12.5. The molecule has 0 heterocycles. The average molecular weight is 538 g/mol. The highest BCUT2D eigenvalue weighted by Crippen LogP contribution is 2.43. The van der Waals surface area contributed by atoms with Gasteiger partial charge in [0, 0.05) is 19.1 Å². The van der Waals surface area contributed by atoms with Gasteiger partial charge in [-0.2, -0.15) is 13.1 Å². The van der Waals surface area contributed by atoms with Crippen molar-refractivity contribution in [1.82, 2.24) is 14.8 Å². The summed E-state index contributed by atoms with van der Waals surface area (Å²) in [6.45, 7) is 0.915. The molecule has 3 aromatic carbocycles. The van der Waals surface area contributed by atoms with Crippen molar-refractivity contribution in [2.75, 3.05) is 13.7 Å². The second-order valence-corrected chi connectivity index (χ2v) is 11.3. The van der Waals surface area contributed by atoms with Crippen molar-refractivity contribution in [1.29, 1.82) is 0 Å². The van der Waals surface area contributed by atoms with Crippen molar-refractivity contribution in [2.45, 2.75) is 50.1 Å². The number of benzene rings is 3. The van der Waals surface area contributed by atoms with Crippen LogP contribution in [-0.2, 0) is 22.2 Å². The molecule has 1 aliphatic rings. The molecule has 0 spiro atoms. The van der Waals surface area contributed by atoms with Crippen LogP contribution >= 0.6 is 0 Å². The summed E-state index contributed by atoms with van der Waals surface area (Å²) in [4.78, 5) is 10.8. The maximum atomic E-state index is 12.0. The van der Waals surface area contributed by atoms with Crippen LogP contribution in [-0.4, -0.2) is 39.3 Å². The van der Waals surface area contributed by atoms with Crippen molar-refractivity contribution in [2.24, 2.45) is 0 Å². The fourth-order valence-corrected chi connectivity index (χ4v) is 5.97. The predicted molar refractivity (Wildman–Crippen MR) is 148 cm³/mol. The molecule has 0 saturated heterocycles. The first kappa shape index (κ1) is 27.6. The summed E-state index contributed by atoms with van der Waals surface area (Å²) in [6, 6.07) is 27.2. The Bertz CT molecular complexity index is 1310. The SMILES string of the molecule is COc1cccc([C@]2(CCNS(=O)(=O)NC(=O)O)CC[C@@H](NCc3ccc(-c4ccccc4)cc3)CC2)c1. The lowest BCUT2D eigenvalue weighted by atomic mass is 9.66. The molecule has 0 bridgehead atoms. The summed E-state index contributed by atoms with van der Waals surface area (Å²) in [5.41, 5.74) is 4.50. The number of amides is 1. The Morgan fingerprint density at radius 1 is 0.974 bits per heavy atom. The zero-order valence-corrected chi connectivity index (χ0v) is 22.3. The molecule has 9 heteroatoms. The van der Waals surface area contributed by atoms with Crippen molar-refractivity contribution in [3.63, 3.8) is 0 Å². The van der Waals surface area contributed by atoms with Gasteiger partial charge in [0.1, 0.15) is 5.75 Å². The van der Waals surface area contributed by atoms with Gasteiger partial charge in [0.25, 0.3) is 0 Å². The molecule has 0 aliphatic heterocycles. The fraction of sp³-hybridized carbons (Fsp3) is 0.345. The van der Waals surface area contributed by atoms with E-state index in [0.717, 1.165) is 43.5 Å². The summed E-state index contributed by atoms with van der Waals surface area (Å²) in [6.07, 6.45) is 2.58. The number of methoxy groups -OCH3 is 1. The lowest BCUT2D eigenvalue weighted by molar-refractivity contribution is 0.201. The average Bonchev–Trinajstić information content (AvgIpc) is 2.92. The van der Waals surface area contributed by atoms with Crippen LogP contribution in [0.4, 0.5) is 4.79 Å². The van der Waals surface area contributed by atoms with E-state index in [0.29, 0.717) is 12.5 Å². The smallest absolute Gasteiger partial charge is 0.419 e. The van der Waals surface area contributed by atoms with Crippen LogP contribution in [0, 0.1) is 0 Å². The van der Waals surface area contributed by atoms with E-state index in [1.165, 1.54) is 21.4 Å². The Labute approximate surface area is 224 Å². The number of rotatable bonds is 11. The zero-order valence-electron chi connectivity index (χ0n) is 21.5. The molecule has 0 aromatic heterocycles. The molecule has 1 aliphatic carbocycles. The summed E-state index contributed by atoms with van der Waals surface area (Å²) in [5.74, 6) is 0.759. The topological polar surface area (TPSA) is 117 Å². The van der Waals surface area contributed by atoms with Crippen molar-refractivity contribution in [3.8, 4) is 16.9 Å². The first-order chi connectivity index (χ1) is 18.3. The lowest BCUT2D eigenvalue weighted by Gasteiger charge is -2.41. The molecule has 1 fully saturated rings. The van der Waals surface area contributed by atoms with Crippen molar-refractivity contribution in [3.05, 3.63) is 90.0 Å². The Morgan fingerprint density at radius 2 is 1.66 bits per heavy atom. The molecule has 3 aromatic rings. The van der Waals surface area contributed by atoms with E-state index in [9.17, 15) is 13.2 Å². The van der Waals surface area contributed by atoms with Gasteiger partial charge in [0.05, 0.1) is 7.11 Å². The number of nitrogens with one attached hydrogen (secondary N) is 3. The quantitative estimate of drug-likeness (QED) is 0.279. The van der Waals surface area contributed by atoms with E-state index in [1.54, 1.807) is 7.11 Å². The maximum absolute atomic E-state index is 12.0. The van der Waals surface area contributed by atoms with Gasteiger partial charge in [-0.25, -0.2) is 9.52 Å². The molecule has 1 amide bonds. The standard InChI is InChI=1S/C29H35N3O5S/c1-37-27-9-5-8-25(20-27)29(18-19-31-38(35,36)32-28(33)34)16-14-26(15-17-29)30-21-22-10-12-24(13-11-22)23-6-3-2-4-7-23/h2-13,20,26,30-32H,14-19,21H2,1H3,(H,33,34)/t26-,29-. The first-order valence-corrected chi connectivity index (χ1v) is 14.3. The molecule has 4 N–H and O–H groups in total. The molecular weight excluding hydrogens is 502 g/mol. The fourth-order valence-electron chi connectivity index (χ4n) is 5.29. The molecule has 202 valence electrons. The molecule has 0 unspecified atom stereocenters. The predicted octanol–water partition coefficient (Wildman–Crippen LogP) is 4.82. The van der Waals surface area contributed by atoms with E-state index >= 15 is 0 Å². The van der Waals surface area contributed by atoms with E-state index < -0.39 is 16.3 Å². The van der Waals surface area contributed by atoms with Gasteiger partial charge in [0.15, 0.2) is 0 Å². The summed E-state index contributed by atoms with van der Waals surface area (Å²) >= 11 is 0. The molecule has 0 radical (unpaired) electrons. The lowest BCUT2D eigenvalue weighted by Crippen LogP contribution is -2.44. The third-order valence-corrected chi connectivity index (χ3v) is 8.43.